The van der Waals surface area contributed by atoms with Crippen LogP contribution in [0.5, 0.6) is 0 Å². The van der Waals surface area contributed by atoms with Crippen LogP contribution in [-0.2, 0) is 14.4 Å². The van der Waals surface area contributed by atoms with Crippen LogP contribution in [0.2, 0.25) is 0 Å². The number of aldehydes is 1. The van der Waals surface area contributed by atoms with E-state index in [1.54, 1.807) is 13.2 Å². The van der Waals surface area contributed by atoms with E-state index in [2.05, 4.69) is 32.6 Å². The lowest BCUT2D eigenvalue weighted by Crippen LogP contribution is -2.15. The van der Waals surface area contributed by atoms with Crippen LogP contribution >= 0.6 is 0 Å². The second-order valence-corrected chi connectivity index (χ2v) is 11.9. The van der Waals surface area contributed by atoms with Gasteiger partial charge in [-0.2, -0.15) is 0 Å². The minimum atomic E-state index is 0. The zero-order valence-corrected chi connectivity index (χ0v) is 32.0. The number of allylic oxidation sites excluding steroid dienone is 2. The van der Waals surface area contributed by atoms with Crippen LogP contribution in [0.4, 0.5) is 0 Å². The molecule has 0 unspecified atom stereocenters. The van der Waals surface area contributed by atoms with Crippen LogP contribution in [0.15, 0.2) is 24.5 Å². The molecule has 0 atom stereocenters. The average Bonchev–Trinajstić information content (AvgIpc) is 3.05. The summed E-state index contributed by atoms with van der Waals surface area (Å²) in [5.74, 6) is 0. The molecule has 7 heteroatoms. The number of unbranched alkanes of at least 4 members (excludes halogenated alkanes) is 19. The van der Waals surface area contributed by atoms with Gasteiger partial charge in [-0.05, 0) is 52.6 Å². The Balaban J connectivity index is -0.0000000877. The van der Waals surface area contributed by atoms with Crippen molar-refractivity contribution in [1.29, 1.82) is 0 Å². The normalized spacial score (nSPS) is 9.96. The third-order valence-corrected chi connectivity index (χ3v) is 6.82. The van der Waals surface area contributed by atoms with E-state index in [1.165, 1.54) is 116 Å². The van der Waals surface area contributed by atoms with Crippen molar-refractivity contribution in [1.82, 2.24) is 4.90 Å². The molecular formula is C41H91NO6. The Morgan fingerprint density at radius 1 is 0.583 bits per heavy atom. The van der Waals surface area contributed by atoms with Crippen LogP contribution < -0.4 is 0 Å². The molecule has 0 aromatic carbocycles. The van der Waals surface area contributed by atoms with Crippen molar-refractivity contribution in [3.8, 4) is 0 Å². The maximum absolute atomic E-state index is 9.92. The summed E-state index contributed by atoms with van der Waals surface area (Å²) in [5, 5.41) is 24.4. The molecule has 0 bridgehead atoms. The number of ether oxygens (including phenoxy) is 1. The molecule has 0 saturated heterocycles. The fourth-order valence-electron chi connectivity index (χ4n) is 3.92. The van der Waals surface area contributed by atoms with Gasteiger partial charge < -0.3 is 24.6 Å². The van der Waals surface area contributed by atoms with Gasteiger partial charge in [-0.15, -0.1) is 0 Å². The van der Waals surface area contributed by atoms with Gasteiger partial charge in [0.05, 0.1) is 12.9 Å². The smallest absolute Gasteiger partial charge is 0.119 e. The van der Waals surface area contributed by atoms with Crippen LogP contribution in [0, 0.1) is 0 Å². The molecule has 0 saturated carbocycles. The van der Waals surface area contributed by atoms with Crippen molar-refractivity contribution in [3.63, 3.8) is 0 Å². The molecule has 3 N–H and O–H groups in total. The van der Waals surface area contributed by atoms with Crippen molar-refractivity contribution in [2.24, 2.45) is 0 Å². The monoisotopic (exact) mass is 694 g/mol. The molecule has 0 aliphatic rings. The minimum Gasteiger partial charge on any atom is -0.516 e. The van der Waals surface area contributed by atoms with Crippen LogP contribution in [0.25, 0.3) is 0 Å². The van der Waals surface area contributed by atoms with Crippen LogP contribution in [0.3, 0.4) is 0 Å². The Hall–Kier alpha value is -1.25. The Morgan fingerprint density at radius 2 is 0.979 bits per heavy atom. The standard InChI is InChI=1S/2C9H18O2.C9H20.C8H16O.C4H11NO.2CH4/c1-11-9-7-5-3-2-4-6-8-10;1-2-3-4-5-6-7-8-9-11-10;1-3-5-7-9-8-6-4-2;1-2-3-4-5-6-7-8-9;1-5(2)3-4-6;;/h8H,2-7,9H2,1H3;7-8,10H,2-6,9H2,1H3;3-9H2,1-2H3;7-9H,2-6H2,1H3;6H,3-4H2,1-2H3;2*1H4/b;8-7-;;;;;. The third kappa shape index (κ3) is 96.8. The number of carbonyl (C=O) groups excluding carboxylic acids is 1. The Bertz CT molecular complexity index is 509. The van der Waals surface area contributed by atoms with Crippen molar-refractivity contribution >= 4 is 6.29 Å². The summed E-state index contributed by atoms with van der Waals surface area (Å²) in [6.45, 7) is 11.1. The fourth-order valence-corrected chi connectivity index (χ4v) is 3.92. The molecule has 0 radical (unpaired) electrons. The van der Waals surface area contributed by atoms with E-state index in [9.17, 15) is 4.79 Å². The first-order chi connectivity index (χ1) is 22.4. The van der Waals surface area contributed by atoms with E-state index in [4.69, 9.17) is 20.2 Å². The first-order valence-corrected chi connectivity index (χ1v) is 18.8. The molecule has 0 aliphatic carbocycles. The van der Waals surface area contributed by atoms with Gasteiger partial charge in [-0.1, -0.05) is 164 Å². The van der Waals surface area contributed by atoms with Crippen molar-refractivity contribution in [2.75, 3.05) is 47.6 Å². The maximum Gasteiger partial charge on any atom is 0.119 e. The molecule has 0 rings (SSSR count). The third-order valence-electron chi connectivity index (χ3n) is 6.82. The predicted octanol–water partition coefficient (Wildman–Crippen LogP) is 12.8. The van der Waals surface area contributed by atoms with E-state index < -0.39 is 0 Å². The highest BCUT2D eigenvalue weighted by molar-refractivity contribution is 5.48. The molecule has 296 valence electrons. The van der Waals surface area contributed by atoms with Crippen molar-refractivity contribution < 1.29 is 29.9 Å². The Morgan fingerprint density at radius 3 is 1.33 bits per heavy atom. The highest BCUT2D eigenvalue weighted by Gasteiger charge is 1.89. The summed E-state index contributed by atoms with van der Waals surface area (Å²) >= 11 is 0. The molecule has 48 heavy (non-hydrogen) atoms. The Labute approximate surface area is 302 Å². The van der Waals surface area contributed by atoms with Crippen molar-refractivity contribution in [3.05, 3.63) is 24.5 Å². The van der Waals surface area contributed by atoms with Gasteiger partial charge in [0.25, 0.3) is 0 Å². The minimum absolute atomic E-state index is 0. The van der Waals surface area contributed by atoms with Gasteiger partial charge >= 0.3 is 0 Å². The second-order valence-electron chi connectivity index (χ2n) is 11.9. The van der Waals surface area contributed by atoms with Gasteiger partial charge in [-0.25, -0.2) is 4.89 Å². The predicted molar refractivity (Wildman–Crippen MR) is 215 cm³/mol. The zero-order chi connectivity index (χ0) is 35.6. The van der Waals surface area contributed by atoms with E-state index in [0.717, 1.165) is 57.8 Å². The lowest BCUT2D eigenvalue weighted by atomic mass is 10.1. The molecule has 0 aromatic heterocycles. The molecule has 0 aromatic rings. The summed E-state index contributed by atoms with van der Waals surface area (Å²) < 4.78 is 4.91. The number of methoxy groups -OCH3 is 1. The van der Waals surface area contributed by atoms with Gasteiger partial charge in [-0.3, -0.25) is 5.26 Å². The summed E-state index contributed by atoms with van der Waals surface area (Å²) in [5.41, 5.74) is 0. The second kappa shape index (κ2) is 71.7. The van der Waals surface area contributed by atoms with Gasteiger partial charge in [0, 0.05) is 26.7 Å². The SMILES string of the molecule is C.C.CCCCCC/C=C\COO.CCCCCCC=CO.CCCCCCCCC.CN(C)CCO.COCCCCCCCC=O. The molecule has 7 nitrogen and oxygen atoms in total. The lowest BCUT2D eigenvalue weighted by Gasteiger charge is -2.03. The van der Waals surface area contributed by atoms with E-state index in [-0.39, 0.29) is 21.5 Å². The first kappa shape index (κ1) is 61.9. The number of likely N-dealkylation sites (N-methyl/N-ethyl adjacent to an activating group) is 1. The topological polar surface area (TPSA) is 99.5 Å². The largest absolute Gasteiger partial charge is 0.516 e. The molecule has 0 heterocycles. The number of carbonyl (C=O) groups is 1. The molecular weight excluding hydrogens is 602 g/mol. The Kier molecular flexibility index (Phi) is 92.5. The zero-order valence-electron chi connectivity index (χ0n) is 32.0. The highest BCUT2D eigenvalue weighted by atomic mass is 17.1. The fraction of sp³-hybridized carbons (Fsp3) is 0.878. The number of rotatable bonds is 28. The number of aliphatic hydroxyl groups is 2. The van der Waals surface area contributed by atoms with E-state index >= 15 is 0 Å². The number of hydrogen-bond donors (Lipinski definition) is 3. The summed E-state index contributed by atoms with van der Waals surface area (Å²) in [4.78, 5) is 15.7. The highest BCUT2D eigenvalue weighted by Crippen LogP contribution is 2.06. The van der Waals surface area contributed by atoms with Gasteiger partial charge in [0.15, 0.2) is 0 Å². The molecule has 0 spiro atoms. The molecule has 0 fully saturated rings. The average molecular weight is 694 g/mol. The van der Waals surface area contributed by atoms with Gasteiger partial charge in [0.2, 0.25) is 0 Å². The van der Waals surface area contributed by atoms with Crippen molar-refractivity contribution in [2.45, 2.75) is 190 Å². The lowest BCUT2D eigenvalue weighted by molar-refractivity contribution is -0.231. The number of nitrogens with zero attached hydrogens (tertiary/aromatic N) is 1. The first-order valence-electron chi connectivity index (χ1n) is 18.8. The van der Waals surface area contributed by atoms with E-state index in [0.29, 0.717) is 6.61 Å². The van der Waals surface area contributed by atoms with Gasteiger partial charge in [0.1, 0.15) is 12.9 Å². The summed E-state index contributed by atoms with van der Waals surface area (Å²) in [6, 6.07) is 0. The number of hydrogen-bond acceptors (Lipinski definition) is 7. The molecule has 0 amide bonds. The number of aliphatic hydroxyl groups excluding tert-OH is 2. The molecule has 0 aliphatic heterocycles. The summed E-state index contributed by atoms with van der Waals surface area (Å²) in [6.07, 6.45) is 36.7. The quantitative estimate of drug-likeness (QED) is 0.0187. The van der Waals surface area contributed by atoms with E-state index in [1.807, 2.05) is 31.1 Å². The van der Waals surface area contributed by atoms with Crippen LogP contribution in [-0.4, -0.2) is 74.2 Å². The van der Waals surface area contributed by atoms with Crippen LogP contribution in [0.1, 0.15) is 190 Å². The maximum atomic E-state index is 9.92. The summed E-state index contributed by atoms with van der Waals surface area (Å²) in [7, 11) is 5.58.